The van der Waals surface area contributed by atoms with Crippen LogP contribution in [-0.2, 0) is 13.0 Å². The molecule has 1 aromatic carbocycles. The Bertz CT molecular complexity index is 903. The van der Waals surface area contributed by atoms with Crippen LogP contribution in [0.25, 0.3) is 11.5 Å². The highest BCUT2D eigenvalue weighted by atomic mass is 19.3. The Morgan fingerprint density at radius 3 is 3.00 bits per heavy atom. The highest BCUT2D eigenvalue weighted by Crippen LogP contribution is 2.39. The fourth-order valence-electron chi connectivity index (χ4n) is 2.95. The predicted octanol–water partition coefficient (Wildman–Crippen LogP) is 3.33. The number of alkyl halides is 2. The molecule has 0 N–H and O–H groups in total. The molecule has 1 unspecified atom stereocenters. The van der Waals surface area contributed by atoms with Crippen LogP contribution in [-0.4, -0.2) is 26.3 Å². The van der Waals surface area contributed by atoms with E-state index in [0.717, 1.165) is 22.2 Å². The van der Waals surface area contributed by atoms with E-state index < -0.39 is 13.0 Å². The molecule has 124 valence electrons. The summed E-state index contributed by atoms with van der Waals surface area (Å²) in [5.74, 6) is 0.285. The van der Waals surface area contributed by atoms with Gasteiger partial charge < -0.3 is 4.52 Å². The van der Waals surface area contributed by atoms with Crippen molar-refractivity contribution in [2.24, 2.45) is 0 Å². The molecule has 2 aromatic heterocycles. The summed E-state index contributed by atoms with van der Waals surface area (Å²) in [5, 5.41) is 7.98. The van der Waals surface area contributed by atoms with Crippen LogP contribution in [0.5, 0.6) is 0 Å². The van der Waals surface area contributed by atoms with E-state index in [1.165, 1.54) is 18.3 Å². The number of hydrogen-bond acceptors (Lipinski definition) is 4. The molecule has 1 aliphatic rings. The van der Waals surface area contributed by atoms with Crippen molar-refractivity contribution in [2.75, 3.05) is 0 Å². The summed E-state index contributed by atoms with van der Waals surface area (Å²) in [6.07, 6.45) is -0.303. The standard InChI is InChI=1S/C16H13F3N4O/c1-8-13(6-23(21-8)7-14(18)19)16-20-15(22-24-16)12-4-9-2-3-10(17)5-11(9)12/h2-3,5-6,12,14H,4,7H2,1H3. The van der Waals surface area contributed by atoms with Gasteiger partial charge in [0.25, 0.3) is 12.3 Å². The highest BCUT2D eigenvalue weighted by Gasteiger charge is 2.32. The van der Waals surface area contributed by atoms with Crippen molar-refractivity contribution in [3.63, 3.8) is 0 Å². The van der Waals surface area contributed by atoms with Crippen molar-refractivity contribution in [3.05, 3.63) is 52.9 Å². The maximum Gasteiger partial charge on any atom is 0.261 e. The van der Waals surface area contributed by atoms with Gasteiger partial charge in [-0.3, -0.25) is 4.68 Å². The first-order chi connectivity index (χ1) is 11.5. The van der Waals surface area contributed by atoms with Gasteiger partial charge in [0.1, 0.15) is 12.4 Å². The van der Waals surface area contributed by atoms with Gasteiger partial charge in [0.15, 0.2) is 5.82 Å². The minimum absolute atomic E-state index is 0.107. The van der Waals surface area contributed by atoms with Crippen LogP contribution >= 0.6 is 0 Å². The maximum absolute atomic E-state index is 13.4. The van der Waals surface area contributed by atoms with Gasteiger partial charge in [-0.05, 0) is 36.6 Å². The third-order valence-electron chi connectivity index (χ3n) is 4.16. The van der Waals surface area contributed by atoms with Crippen LogP contribution in [0.2, 0.25) is 0 Å². The van der Waals surface area contributed by atoms with Crippen molar-refractivity contribution in [1.29, 1.82) is 0 Å². The van der Waals surface area contributed by atoms with Gasteiger partial charge in [0.05, 0.1) is 17.2 Å². The zero-order chi connectivity index (χ0) is 16.8. The Morgan fingerprint density at radius 2 is 2.21 bits per heavy atom. The minimum Gasteiger partial charge on any atom is -0.334 e. The first-order valence-corrected chi connectivity index (χ1v) is 7.46. The number of nitrogens with zero attached hydrogens (tertiary/aromatic N) is 4. The molecule has 1 aliphatic carbocycles. The lowest BCUT2D eigenvalue weighted by Crippen LogP contribution is -2.19. The van der Waals surface area contributed by atoms with Gasteiger partial charge in [-0.2, -0.15) is 10.1 Å². The van der Waals surface area contributed by atoms with Gasteiger partial charge >= 0.3 is 0 Å². The van der Waals surface area contributed by atoms with E-state index in [4.69, 9.17) is 4.52 Å². The summed E-state index contributed by atoms with van der Waals surface area (Å²) in [6, 6.07) is 4.66. The molecule has 0 amide bonds. The third-order valence-corrected chi connectivity index (χ3v) is 4.16. The van der Waals surface area contributed by atoms with E-state index in [1.54, 1.807) is 13.0 Å². The monoisotopic (exact) mass is 334 g/mol. The number of halogens is 3. The predicted molar refractivity (Wildman–Crippen MR) is 78.2 cm³/mol. The lowest BCUT2D eigenvalue weighted by atomic mass is 9.77. The Labute approximate surface area is 135 Å². The number of rotatable bonds is 4. The molecular weight excluding hydrogens is 321 g/mol. The van der Waals surface area contributed by atoms with E-state index >= 15 is 0 Å². The second-order valence-corrected chi connectivity index (χ2v) is 5.80. The van der Waals surface area contributed by atoms with Crippen molar-refractivity contribution >= 4 is 0 Å². The Kier molecular flexibility index (Phi) is 3.40. The Morgan fingerprint density at radius 1 is 1.38 bits per heavy atom. The molecule has 4 rings (SSSR count). The topological polar surface area (TPSA) is 56.7 Å². The van der Waals surface area contributed by atoms with Crippen molar-refractivity contribution < 1.29 is 17.7 Å². The van der Waals surface area contributed by atoms with E-state index in [2.05, 4.69) is 15.2 Å². The van der Waals surface area contributed by atoms with Crippen molar-refractivity contribution in [3.8, 4) is 11.5 Å². The molecule has 0 fully saturated rings. The van der Waals surface area contributed by atoms with E-state index in [1.807, 2.05) is 0 Å². The van der Waals surface area contributed by atoms with Crippen molar-refractivity contribution in [2.45, 2.75) is 32.2 Å². The van der Waals surface area contributed by atoms with Gasteiger partial charge in [-0.15, -0.1) is 0 Å². The normalized spacial score (nSPS) is 16.3. The third kappa shape index (κ3) is 2.47. The van der Waals surface area contributed by atoms with Crippen molar-refractivity contribution in [1.82, 2.24) is 19.9 Å². The van der Waals surface area contributed by atoms with Gasteiger partial charge in [0, 0.05) is 6.20 Å². The Hall–Kier alpha value is -2.64. The lowest BCUT2D eigenvalue weighted by Gasteiger charge is -2.27. The van der Waals surface area contributed by atoms with Crippen LogP contribution in [0.1, 0.15) is 28.6 Å². The molecule has 0 radical (unpaired) electrons. The summed E-state index contributed by atoms with van der Waals surface area (Å²) < 4.78 is 44.7. The molecule has 1 atom stereocenters. The van der Waals surface area contributed by atoms with Crippen LogP contribution in [0.4, 0.5) is 13.2 Å². The number of fused-ring (bicyclic) bond motifs is 1. The number of aryl methyl sites for hydroxylation is 1. The van der Waals surface area contributed by atoms with Crippen LogP contribution < -0.4 is 0 Å². The lowest BCUT2D eigenvalue weighted by molar-refractivity contribution is 0.121. The largest absolute Gasteiger partial charge is 0.334 e. The van der Waals surface area contributed by atoms with Crippen LogP contribution in [0.15, 0.2) is 28.9 Å². The first kappa shape index (κ1) is 14.9. The highest BCUT2D eigenvalue weighted by molar-refractivity contribution is 5.55. The molecule has 0 spiro atoms. The fraction of sp³-hybridized carbons (Fsp3) is 0.312. The van der Waals surface area contributed by atoms with E-state index in [-0.39, 0.29) is 17.6 Å². The van der Waals surface area contributed by atoms with E-state index in [9.17, 15) is 13.2 Å². The van der Waals surface area contributed by atoms with E-state index in [0.29, 0.717) is 17.1 Å². The first-order valence-electron chi connectivity index (χ1n) is 7.46. The number of aromatic nitrogens is 4. The fourth-order valence-corrected chi connectivity index (χ4v) is 2.95. The molecule has 2 heterocycles. The van der Waals surface area contributed by atoms with Gasteiger partial charge in [-0.25, -0.2) is 13.2 Å². The summed E-state index contributed by atoms with van der Waals surface area (Å²) in [7, 11) is 0. The zero-order valence-electron chi connectivity index (χ0n) is 12.7. The minimum atomic E-state index is -2.49. The van der Waals surface area contributed by atoms with Gasteiger partial charge in [-0.1, -0.05) is 11.2 Å². The quantitative estimate of drug-likeness (QED) is 0.734. The molecule has 5 nitrogen and oxygen atoms in total. The SMILES string of the molecule is Cc1nn(CC(F)F)cc1-c1nc(C2Cc3ccc(F)cc32)no1. The average Bonchev–Trinajstić information content (AvgIpc) is 3.09. The smallest absolute Gasteiger partial charge is 0.261 e. The summed E-state index contributed by atoms with van der Waals surface area (Å²) in [6.45, 7) is 1.20. The molecule has 0 saturated heterocycles. The Balaban J connectivity index is 1.61. The van der Waals surface area contributed by atoms with Gasteiger partial charge in [0.2, 0.25) is 0 Å². The molecule has 0 bridgehead atoms. The molecule has 24 heavy (non-hydrogen) atoms. The van der Waals surface area contributed by atoms with Crippen LogP contribution in [0, 0.1) is 12.7 Å². The number of hydrogen-bond donors (Lipinski definition) is 0. The molecule has 8 heteroatoms. The summed E-state index contributed by atoms with van der Waals surface area (Å²) in [4.78, 5) is 4.34. The average molecular weight is 334 g/mol. The second-order valence-electron chi connectivity index (χ2n) is 5.80. The van der Waals surface area contributed by atoms with Crippen LogP contribution in [0.3, 0.4) is 0 Å². The molecular formula is C16H13F3N4O. The molecule has 0 saturated carbocycles. The zero-order valence-corrected chi connectivity index (χ0v) is 12.7. The molecule has 3 aromatic rings. The molecule has 0 aliphatic heterocycles. The number of benzene rings is 1. The second kappa shape index (κ2) is 5.47. The maximum atomic E-state index is 13.4. The summed E-state index contributed by atoms with van der Waals surface area (Å²) >= 11 is 0. The summed E-state index contributed by atoms with van der Waals surface area (Å²) in [5.41, 5.74) is 2.97.